The highest BCUT2D eigenvalue weighted by atomic mass is 79.9. The summed E-state index contributed by atoms with van der Waals surface area (Å²) in [5.74, 6) is -0.308. The Labute approximate surface area is 116 Å². The lowest BCUT2D eigenvalue weighted by Crippen LogP contribution is -2.12. The van der Waals surface area contributed by atoms with Crippen LogP contribution < -0.4 is 5.32 Å². The highest BCUT2D eigenvalue weighted by Crippen LogP contribution is 2.22. The number of anilines is 1. The zero-order valence-electron chi connectivity index (χ0n) is 9.27. The van der Waals surface area contributed by atoms with Crippen molar-refractivity contribution in [2.45, 2.75) is 6.92 Å². The maximum Gasteiger partial charge on any atom is 0.269 e. The third kappa shape index (κ3) is 2.55. The molecule has 0 radical (unpaired) electrons. The number of halogens is 1. The molecule has 7 heteroatoms. The van der Waals surface area contributed by atoms with Crippen molar-refractivity contribution in [2.75, 3.05) is 5.32 Å². The van der Waals surface area contributed by atoms with Crippen LogP contribution in [0.5, 0.6) is 0 Å². The first-order valence-electron chi connectivity index (χ1n) is 4.92. The molecule has 0 aliphatic carbocycles. The molecule has 0 atom stereocenters. The van der Waals surface area contributed by atoms with Gasteiger partial charge in [-0.25, -0.2) is 0 Å². The van der Waals surface area contributed by atoms with Gasteiger partial charge in [-0.05, 0) is 36.7 Å². The predicted octanol–water partition coefficient (Wildman–Crippen LogP) is 2.73. The molecule has 2 rings (SSSR count). The summed E-state index contributed by atoms with van der Waals surface area (Å²) >= 11 is 4.32. The van der Waals surface area contributed by atoms with Crippen molar-refractivity contribution in [1.82, 2.24) is 9.59 Å². The molecule has 1 heterocycles. The minimum atomic E-state index is -0.308. The number of aryl methyl sites for hydroxylation is 1. The number of nitrogens with zero attached hydrogens (tertiary/aromatic N) is 3. The van der Waals surface area contributed by atoms with Gasteiger partial charge >= 0.3 is 0 Å². The van der Waals surface area contributed by atoms with Crippen LogP contribution in [0.2, 0.25) is 0 Å². The first-order valence-corrected chi connectivity index (χ1v) is 6.48. The lowest BCUT2D eigenvalue weighted by atomic mass is 10.2. The van der Waals surface area contributed by atoms with Crippen molar-refractivity contribution in [3.63, 3.8) is 0 Å². The fraction of sp³-hybridized carbons (Fsp3) is 0.0909. The molecule has 18 heavy (non-hydrogen) atoms. The van der Waals surface area contributed by atoms with Crippen molar-refractivity contribution in [1.29, 1.82) is 5.26 Å². The fourth-order valence-electron chi connectivity index (χ4n) is 1.34. The molecule has 0 aliphatic rings. The molecule has 0 fully saturated rings. The molecule has 0 saturated heterocycles. The summed E-state index contributed by atoms with van der Waals surface area (Å²) in [6.07, 6.45) is 0. The monoisotopic (exact) mass is 322 g/mol. The lowest BCUT2D eigenvalue weighted by molar-refractivity contribution is 0.103. The summed E-state index contributed by atoms with van der Waals surface area (Å²) in [4.78, 5) is 12.4. The molecule has 2 aromatic rings. The van der Waals surface area contributed by atoms with E-state index < -0.39 is 0 Å². The van der Waals surface area contributed by atoms with E-state index in [1.807, 2.05) is 6.07 Å². The van der Waals surface area contributed by atoms with Gasteiger partial charge in [0.2, 0.25) is 0 Å². The van der Waals surface area contributed by atoms with E-state index in [0.29, 0.717) is 21.8 Å². The summed E-state index contributed by atoms with van der Waals surface area (Å²) in [5, 5.41) is 15.4. The topological polar surface area (TPSA) is 78.7 Å². The Morgan fingerprint density at radius 1 is 1.56 bits per heavy atom. The Hall–Kier alpha value is -1.78. The second kappa shape index (κ2) is 5.25. The van der Waals surface area contributed by atoms with E-state index in [9.17, 15) is 4.79 Å². The van der Waals surface area contributed by atoms with Gasteiger partial charge in [0.1, 0.15) is 10.9 Å². The van der Waals surface area contributed by atoms with E-state index in [2.05, 4.69) is 30.8 Å². The molecule has 0 saturated carbocycles. The first kappa shape index (κ1) is 12.7. The number of rotatable bonds is 2. The maximum atomic E-state index is 12.0. The van der Waals surface area contributed by atoms with Gasteiger partial charge in [-0.15, -0.1) is 5.10 Å². The molecule has 1 amide bonds. The maximum absolute atomic E-state index is 12.0. The quantitative estimate of drug-likeness (QED) is 0.922. The molecular weight excluding hydrogens is 316 g/mol. The second-order valence-corrected chi connectivity index (χ2v) is 5.11. The van der Waals surface area contributed by atoms with Crippen molar-refractivity contribution >= 4 is 39.1 Å². The van der Waals surface area contributed by atoms with Gasteiger partial charge in [0, 0.05) is 4.47 Å². The Morgan fingerprint density at radius 3 is 2.94 bits per heavy atom. The Morgan fingerprint density at radius 2 is 2.33 bits per heavy atom. The van der Waals surface area contributed by atoms with Crippen LogP contribution in [-0.4, -0.2) is 15.5 Å². The average molecular weight is 323 g/mol. The number of hydrogen-bond donors (Lipinski definition) is 1. The number of hydrogen-bond acceptors (Lipinski definition) is 5. The van der Waals surface area contributed by atoms with Crippen LogP contribution in [0.1, 0.15) is 20.9 Å². The minimum absolute atomic E-state index is 0.308. The molecule has 0 bridgehead atoms. The molecule has 0 aliphatic heterocycles. The van der Waals surface area contributed by atoms with E-state index in [-0.39, 0.29) is 5.91 Å². The van der Waals surface area contributed by atoms with E-state index in [4.69, 9.17) is 5.26 Å². The van der Waals surface area contributed by atoms with Gasteiger partial charge in [0.15, 0.2) is 0 Å². The largest absolute Gasteiger partial charge is 0.320 e. The number of nitriles is 1. The van der Waals surface area contributed by atoms with Crippen LogP contribution in [0.15, 0.2) is 22.7 Å². The van der Waals surface area contributed by atoms with Crippen LogP contribution in [0.4, 0.5) is 5.69 Å². The Bertz CT molecular complexity index is 647. The van der Waals surface area contributed by atoms with Crippen molar-refractivity contribution in [2.24, 2.45) is 0 Å². The van der Waals surface area contributed by atoms with E-state index in [0.717, 1.165) is 16.0 Å². The molecule has 1 aromatic carbocycles. The van der Waals surface area contributed by atoms with E-state index in [1.54, 1.807) is 25.1 Å². The van der Waals surface area contributed by atoms with E-state index >= 15 is 0 Å². The Balaban J connectivity index is 2.30. The van der Waals surface area contributed by atoms with Crippen LogP contribution in [-0.2, 0) is 0 Å². The predicted molar refractivity (Wildman–Crippen MR) is 71.5 cm³/mol. The standard InChI is InChI=1S/C11H7BrN4OS/c1-6-10(18-16-15-6)11(17)14-9-4-8(12)3-2-7(9)5-13/h2-4H,1H3,(H,14,17). The highest BCUT2D eigenvalue weighted by Gasteiger charge is 2.15. The van der Waals surface area contributed by atoms with E-state index in [1.165, 1.54) is 0 Å². The zero-order valence-corrected chi connectivity index (χ0v) is 11.7. The molecule has 0 spiro atoms. The number of benzene rings is 1. The molecule has 0 unspecified atom stereocenters. The second-order valence-electron chi connectivity index (χ2n) is 3.44. The van der Waals surface area contributed by atoms with Gasteiger partial charge in [-0.1, -0.05) is 20.4 Å². The molecular formula is C11H7BrN4OS. The van der Waals surface area contributed by atoms with Crippen molar-refractivity contribution < 1.29 is 4.79 Å². The summed E-state index contributed by atoms with van der Waals surface area (Å²) in [6.45, 7) is 1.71. The first-order chi connectivity index (χ1) is 8.61. The number of amides is 1. The summed E-state index contributed by atoms with van der Waals surface area (Å²) < 4.78 is 4.49. The number of nitrogens with one attached hydrogen (secondary N) is 1. The van der Waals surface area contributed by atoms with Crippen LogP contribution in [0.25, 0.3) is 0 Å². The highest BCUT2D eigenvalue weighted by molar-refractivity contribution is 9.10. The zero-order chi connectivity index (χ0) is 13.1. The summed E-state index contributed by atoms with van der Waals surface area (Å²) in [7, 11) is 0. The lowest BCUT2D eigenvalue weighted by Gasteiger charge is -2.06. The third-order valence-corrected chi connectivity index (χ3v) is 3.53. The van der Waals surface area contributed by atoms with Crippen LogP contribution >= 0.6 is 27.5 Å². The number of carbonyl (C=O) groups is 1. The fourth-order valence-corrected chi connectivity index (χ4v) is 2.25. The molecule has 1 aromatic heterocycles. The van der Waals surface area contributed by atoms with Gasteiger partial charge in [0.05, 0.1) is 16.9 Å². The van der Waals surface area contributed by atoms with Gasteiger partial charge in [0.25, 0.3) is 5.91 Å². The van der Waals surface area contributed by atoms with Crippen LogP contribution in [0, 0.1) is 18.3 Å². The summed E-state index contributed by atoms with van der Waals surface area (Å²) in [5.41, 5.74) is 1.44. The van der Waals surface area contributed by atoms with Crippen LogP contribution in [0.3, 0.4) is 0 Å². The summed E-state index contributed by atoms with van der Waals surface area (Å²) in [6, 6.07) is 7.09. The van der Waals surface area contributed by atoms with Gasteiger partial charge in [-0.3, -0.25) is 4.79 Å². The van der Waals surface area contributed by atoms with Crippen molar-refractivity contribution in [3.8, 4) is 6.07 Å². The molecule has 90 valence electrons. The SMILES string of the molecule is Cc1nnsc1C(=O)Nc1cc(Br)ccc1C#N. The smallest absolute Gasteiger partial charge is 0.269 e. The number of carbonyl (C=O) groups excluding carboxylic acids is 1. The third-order valence-electron chi connectivity index (χ3n) is 2.21. The van der Waals surface area contributed by atoms with Gasteiger partial charge in [-0.2, -0.15) is 5.26 Å². The molecule has 1 N–H and O–H groups in total. The average Bonchev–Trinajstić information content (AvgIpc) is 2.76. The number of aromatic nitrogens is 2. The Kier molecular flexibility index (Phi) is 3.69. The van der Waals surface area contributed by atoms with Gasteiger partial charge < -0.3 is 5.32 Å². The van der Waals surface area contributed by atoms with Crippen molar-refractivity contribution in [3.05, 3.63) is 38.8 Å². The minimum Gasteiger partial charge on any atom is -0.320 e. The molecule has 5 nitrogen and oxygen atoms in total. The normalized spacial score (nSPS) is 9.83.